The SMILES string of the molecule is CCCN(CCC)c1nc(Cl)ccc1N. The first-order valence-corrected chi connectivity index (χ1v) is 5.73. The van der Waals surface area contributed by atoms with Crippen LogP contribution in [0, 0.1) is 0 Å². The average molecular weight is 228 g/mol. The summed E-state index contributed by atoms with van der Waals surface area (Å²) in [5.41, 5.74) is 6.58. The van der Waals surface area contributed by atoms with E-state index in [4.69, 9.17) is 17.3 Å². The number of aromatic nitrogens is 1. The molecule has 84 valence electrons. The van der Waals surface area contributed by atoms with Crippen LogP contribution in [0.5, 0.6) is 0 Å². The van der Waals surface area contributed by atoms with Crippen LogP contribution in [-0.4, -0.2) is 18.1 Å². The summed E-state index contributed by atoms with van der Waals surface area (Å²) in [4.78, 5) is 6.46. The highest BCUT2D eigenvalue weighted by Gasteiger charge is 2.10. The van der Waals surface area contributed by atoms with Crippen molar-refractivity contribution in [1.29, 1.82) is 0 Å². The van der Waals surface area contributed by atoms with Gasteiger partial charge in [0.15, 0.2) is 5.82 Å². The normalized spacial score (nSPS) is 10.3. The molecule has 0 aliphatic rings. The Morgan fingerprint density at radius 2 is 1.87 bits per heavy atom. The van der Waals surface area contributed by atoms with Gasteiger partial charge in [-0.1, -0.05) is 25.4 Å². The summed E-state index contributed by atoms with van der Waals surface area (Å²) in [5, 5.41) is 0.497. The quantitative estimate of drug-likeness (QED) is 0.787. The molecule has 0 aromatic carbocycles. The second kappa shape index (κ2) is 5.81. The zero-order valence-electron chi connectivity index (χ0n) is 9.33. The Balaban J connectivity index is 2.93. The number of halogens is 1. The van der Waals surface area contributed by atoms with Gasteiger partial charge >= 0.3 is 0 Å². The Kier molecular flexibility index (Phi) is 4.69. The highest BCUT2D eigenvalue weighted by Crippen LogP contribution is 2.23. The molecule has 2 N–H and O–H groups in total. The van der Waals surface area contributed by atoms with Crippen LogP contribution in [0.15, 0.2) is 12.1 Å². The summed E-state index contributed by atoms with van der Waals surface area (Å²) in [7, 11) is 0. The molecule has 1 heterocycles. The fourth-order valence-corrected chi connectivity index (χ4v) is 1.70. The van der Waals surface area contributed by atoms with E-state index in [1.54, 1.807) is 6.07 Å². The van der Waals surface area contributed by atoms with Crippen molar-refractivity contribution in [3.8, 4) is 0 Å². The van der Waals surface area contributed by atoms with E-state index < -0.39 is 0 Å². The molecule has 1 aromatic heterocycles. The fraction of sp³-hybridized carbons (Fsp3) is 0.545. The van der Waals surface area contributed by atoms with Crippen molar-refractivity contribution < 1.29 is 0 Å². The van der Waals surface area contributed by atoms with Crippen molar-refractivity contribution in [2.45, 2.75) is 26.7 Å². The van der Waals surface area contributed by atoms with Gasteiger partial charge in [-0.05, 0) is 25.0 Å². The van der Waals surface area contributed by atoms with E-state index >= 15 is 0 Å². The molecule has 0 atom stereocenters. The minimum absolute atomic E-state index is 0.497. The Hall–Kier alpha value is -0.960. The van der Waals surface area contributed by atoms with Gasteiger partial charge in [-0.3, -0.25) is 0 Å². The predicted molar refractivity (Wildman–Crippen MR) is 66.5 cm³/mol. The highest BCUT2D eigenvalue weighted by atomic mass is 35.5. The number of nitrogen functional groups attached to an aromatic ring is 1. The van der Waals surface area contributed by atoms with Crippen LogP contribution in [0.1, 0.15) is 26.7 Å². The second-order valence-electron chi connectivity index (χ2n) is 3.53. The molecule has 0 radical (unpaired) electrons. The molecule has 0 unspecified atom stereocenters. The summed E-state index contributed by atoms with van der Waals surface area (Å²) in [6.07, 6.45) is 2.15. The van der Waals surface area contributed by atoms with Crippen molar-refractivity contribution in [3.63, 3.8) is 0 Å². The largest absolute Gasteiger partial charge is 0.396 e. The molecular weight excluding hydrogens is 210 g/mol. The smallest absolute Gasteiger partial charge is 0.153 e. The third-order valence-corrected chi connectivity index (χ3v) is 2.37. The third-order valence-electron chi connectivity index (χ3n) is 2.16. The van der Waals surface area contributed by atoms with Gasteiger partial charge in [0.2, 0.25) is 0 Å². The van der Waals surface area contributed by atoms with Gasteiger partial charge in [-0.15, -0.1) is 0 Å². The topological polar surface area (TPSA) is 42.2 Å². The van der Waals surface area contributed by atoms with Gasteiger partial charge in [0.1, 0.15) is 5.15 Å². The molecule has 0 aliphatic heterocycles. The van der Waals surface area contributed by atoms with Crippen molar-refractivity contribution in [3.05, 3.63) is 17.3 Å². The predicted octanol–water partition coefficient (Wildman–Crippen LogP) is 2.94. The first-order chi connectivity index (χ1) is 7.19. The van der Waals surface area contributed by atoms with Crippen LogP contribution in [0.2, 0.25) is 5.15 Å². The van der Waals surface area contributed by atoms with Crippen LogP contribution < -0.4 is 10.6 Å². The monoisotopic (exact) mass is 227 g/mol. The van der Waals surface area contributed by atoms with Crippen molar-refractivity contribution in [2.75, 3.05) is 23.7 Å². The molecule has 1 aromatic rings. The van der Waals surface area contributed by atoms with E-state index in [0.29, 0.717) is 10.8 Å². The lowest BCUT2D eigenvalue weighted by atomic mass is 10.3. The first-order valence-electron chi connectivity index (χ1n) is 5.36. The Labute approximate surface area is 96.2 Å². The molecule has 0 aliphatic carbocycles. The maximum Gasteiger partial charge on any atom is 0.153 e. The standard InChI is InChI=1S/C11H18ClN3/c1-3-7-15(8-4-2)11-9(13)5-6-10(12)14-11/h5-6H,3-4,7-8,13H2,1-2H3. The van der Waals surface area contributed by atoms with Gasteiger partial charge in [0, 0.05) is 13.1 Å². The van der Waals surface area contributed by atoms with E-state index in [0.717, 1.165) is 31.7 Å². The van der Waals surface area contributed by atoms with Gasteiger partial charge < -0.3 is 10.6 Å². The molecule has 4 heteroatoms. The molecule has 1 rings (SSSR count). The number of pyridine rings is 1. The Morgan fingerprint density at radius 1 is 1.27 bits per heavy atom. The van der Waals surface area contributed by atoms with E-state index in [9.17, 15) is 0 Å². The van der Waals surface area contributed by atoms with Gasteiger partial charge in [0.25, 0.3) is 0 Å². The third kappa shape index (κ3) is 3.27. The van der Waals surface area contributed by atoms with E-state index in [-0.39, 0.29) is 0 Å². The number of nitrogens with two attached hydrogens (primary N) is 1. The van der Waals surface area contributed by atoms with Crippen molar-refractivity contribution >= 4 is 23.1 Å². The number of anilines is 2. The molecule has 0 saturated carbocycles. The molecule has 0 fully saturated rings. The Bertz CT molecular complexity index is 309. The fourth-order valence-electron chi connectivity index (χ4n) is 1.55. The maximum absolute atomic E-state index is 5.89. The molecule has 3 nitrogen and oxygen atoms in total. The van der Waals surface area contributed by atoms with Crippen molar-refractivity contribution in [1.82, 2.24) is 4.98 Å². The van der Waals surface area contributed by atoms with E-state index in [1.165, 1.54) is 0 Å². The summed E-state index contributed by atoms with van der Waals surface area (Å²) < 4.78 is 0. The van der Waals surface area contributed by atoms with Crippen LogP contribution >= 0.6 is 11.6 Å². The van der Waals surface area contributed by atoms with Crippen molar-refractivity contribution in [2.24, 2.45) is 0 Å². The summed E-state index contributed by atoms with van der Waals surface area (Å²) in [5.74, 6) is 0.811. The van der Waals surface area contributed by atoms with Gasteiger partial charge in [-0.25, -0.2) is 4.98 Å². The second-order valence-corrected chi connectivity index (χ2v) is 3.92. The van der Waals surface area contributed by atoms with Gasteiger partial charge in [-0.2, -0.15) is 0 Å². The maximum atomic E-state index is 5.89. The number of nitrogens with zero attached hydrogens (tertiary/aromatic N) is 2. The molecule has 0 spiro atoms. The summed E-state index contributed by atoms with van der Waals surface area (Å²) in [6, 6.07) is 3.53. The summed E-state index contributed by atoms with van der Waals surface area (Å²) in [6.45, 7) is 6.21. The van der Waals surface area contributed by atoms with Crippen LogP contribution in [-0.2, 0) is 0 Å². The minimum atomic E-state index is 0.497. The average Bonchev–Trinajstić information content (AvgIpc) is 2.21. The lowest BCUT2D eigenvalue weighted by Crippen LogP contribution is -2.26. The first kappa shape index (κ1) is 12.1. The zero-order valence-corrected chi connectivity index (χ0v) is 10.1. The number of hydrogen-bond donors (Lipinski definition) is 1. The van der Waals surface area contributed by atoms with E-state index in [1.807, 2.05) is 6.07 Å². The molecule has 15 heavy (non-hydrogen) atoms. The van der Waals surface area contributed by atoms with Crippen LogP contribution in [0.3, 0.4) is 0 Å². The molecule has 0 saturated heterocycles. The molecular formula is C11H18ClN3. The zero-order chi connectivity index (χ0) is 11.3. The van der Waals surface area contributed by atoms with Gasteiger partial charge in [0.05, 0.1) is 5.69 Å². The van der Waals surface area contributed by atoms with Crippen LogP contribution in [0.25, 0.3) is 0 Å². The summed E-state index contributed by atoms with van der Waals surface area (Å²) >= 11 is 5.87. The molecule has 0 bridgehead atoms. The highest BCUT2D eigenvalue weighted by molar-refractivity contribution is 6.29. The number of rotatable bonds is 5. The Morgan fingerprint density at radius 3 is 2.40 bits per heavy atom. The minimum Gasteiger partial charge on any atom is -0.396 e. The van der Waals surface area contributed by atoms with Crippen LogP contribution in [0.4, 0.5) is 11.5 Å². The lowest BCUT2D eigenvalue weighted by Gasteiger charge is -2.23. The van der Waals surface area contributed by atoms with E-state index in [2.05, 4.69) is 23.7 Å². The lowest BCUT2D eigenvalue weighted by molar-refractivity contribution is 0.735. The number of hydrogen-bond acceptors (Lipinski definition) is 3. The molecule has 0 amide bonds.